The summed E-state index contributed by atoms with van der Waals surface area (Å²) < 4.78 is 10.8. The Balaban J connectivity index is 1.69. The van der Waals surface area contributed by atoms with E-state index in [1.165, 1.54) is 6.33 Å². The lowest BCUT2D eigenvalue weighted by molar-refractivity contribution is -0.132. The van der Waals surface area contributed by atoms with Gasteiger partial charge in [0, 0.05) is 18.6 Å². The second kappa shape index (κ2) is 8.41. The van der Waals surface area contributed by atoms with Gasteiger partial charge in [-0.1, -0.05) is 35.3 Å². The number of hydrogen-bond donors (Lipinski definition) is 0. The molecule has 0 saturated carbocycles. The van der Waals surface area contributed by atoms with Crippen LogP contribution in [0.5, 0.6) is 11.6 Å². The number of fused-ring (bicyclic) bond motifs is 1. The summed E-state index contributed by atoms with van der Waals surface area (Å²) in [5, 5.41) is 1.39. The zero-order valence-electron chi connectivity index (χ0n) is 14.8. The molecule has 27 heavy (non-hydrogen) atoms. The molecule has 0 spiro atoms. The Morgan fingerprint density at radius 2 is 2.00 bits per heavy atom. The van der Waals surface area contributed by atoms with Crippen LogP contribution in [0.25, 0.3) is 10.9 Å². The number of benzene rings is 2. The Bertz CT molecular complexity index is 982. The third-order valence-electron chi connectivity index (χ3n) is 3.93. The highest BCUT2D eigenvalue weighted by Crippen LogP contribution is 2.30. The van der Waals surface area contributed by atoms with Gasteiger partial charge in [0.15, 0.2) is 6.61 Å². The van der Waals surface area contributed by atoms with E-state index in [0.29, 0.717) is 27.5 Å². The number of carbonyl (C=O) groups is 1. The molecule has 2 aromatic carbocycles. The molecule has 1 amide bonds. The second-order valence-corrected chi connectivity index (χ2v) is 6.70. The molecule has 0 aliphatic carbocycles. The van der Waals surface area contributed by atoms with E-state index in [4.69, 9.17) is 32.7 Å². The minimum absolute atomic E-state index is 0.170. The molecular weight excluding hydrogens is 389 g/mol. The van der Waals surface area contributed by atoms with Gasteiger partial charge in [-0.25, -0.2) is 9.97 Å². The van der Waals surface area contributed by atoms with Gasteiger partial charge < -0.3 is 14.4 Å². The molecule has 0 aliphatic rings. The van der Waals surface area contributed by atoms with Crippen LogP contribution in [0.15, 0.2) is 42.7 Å². The number of nitrogens with zero attached hydrogens (tertiary/aromatic N) is 3. The molecule has 1 aromatic heterocycles. The first-order chi connectivity index (χ1) is 13.0. The lowest BCUT2D eigenvalue weighted by atomic mass is 10.2. The summed E-state index contributed by atoms with van der Waals surface area (Å²) in [6, 6.07) is 10.8. The molecule has 0 atom stereocenters. The maximum Gasteiger partial charge on any atom is 0.260 e. The molecule has 3 rings (SSSR count). The van der Waals surface area contributed by atoms with Crippen molar-refractivity contribution in [1.29, 1.82) is 0 Å². The maximum atomic E-state index is 12.4. The Morgan fingerprint density at radius 3 is 2.78 bits per heavy atom. The van der Waals surface area contributed by atoms with E-state index in [0.717, 1.165) is 11.3 Å². The van der Waals surface area contributed by atoms with E-state index >= 15 is 0 Å². The van der Waals surface area contributed by atoms with Gasteiger partial charge in [0.05, 0.1) is 23.0 Å². The van der Waals surface area contributed by atoms with Crippen LogP contribution >= 0.6 is 23.2 Å². The molecule has 3 aromatic rings. The van der Waals surface area contributed by atoms with Crippen LogP contribution in [0, 0.1) is 0 Å². The van der Waals surface area contributed by atoms with Crippen molar-refractivity contribution in [3.05, 3.63) is 58.3 Å². The molecule has 140 valence electrons. The van der Waals surface area contributed by atoms with Crippen molar-refractivity contribution in [1.82, 2.24) is 14.9 Å². The first-order valence-electron chi connectivity index (χ1n) is 8.07. The SMILES string of the molecule is COc1cccc(CN(C)C(=O)COc2ncnc3c(Cl)cc(Cl)cc23)c1. The molecule has 0 N–H and O–H groups in total. The van der Waals surface area contributed by atoms with Gasteiger partial charge in [0.25, 0.3) is 5.91 Å². The monoisotopic (exact) mass is 405 g/mol. The number of amides is 1. The third kappa shape index (κ3) is 4.59. The quantitative estimate of drug-likeness (QED) is 0.620. The highest BCUT2D eigenvalue weighted by Gasteiger charge is 2.14. The van der Waals surface area contributed by atoms with Gasteiger partial charge in [0.2, 0.25) is 5.88 Å². The molecule has 0 fully saturated rings. The lowest BCUT2D eigenvalue weighted by Gasteiger charge is -2.18. The summed E-state index contributed by atoms with van der Waals surface area (Å²) in [6.07, 6.45) is 1.34. The number of likely N-dealkylation sites (N-methyl/N-ethyl adjacent to an activating group) is 1. The maximum absolute atomic E-state index is 12.4. The Kier molecular flexibility index (Phi) is 5.98. The molecular formula is C19H17Cl2N3O3. The number of methoxy groups -OCH3 is 1. The number of aromatic nitrogens is 2. The van der Waals surface area contributed by atoms with Crippen molar-refractivity contribution in [2.75, 3.05) is 20.8 Å². The van der Waals surface area contributed by atoms with E-state index < -0.39 is 0 Å². The number of rotatable bonds is 6. The molecule has 0 radical (unpaired) electrons. The van der Waals surface area contributed by atoms with Gasteiger partial charge in [-0.05, 0) is 29.8 Å². The van der Waals surface area contributed by atoms with Crippen LogP contribution < -0.4 is 9.47 Å². The number of carbonyl (C=O) groups excluding carboxylic acids is 1. The van der Waals surface area contributed by atoms with Gasteiger partial charge in [0.1, 0.15) is 12.1 Å². The summed E-state index contributed by atoms with van der Waals surface area (Å²) in [7, 11) is 3.31. The van der Waals surface area contributed by atoms with Gasteiger partial charge in [-0.3, -0.25) is 4.79 Å². The highest BCUT2D eigenvalue weighted by molar-refractivity contribution is 6.38. The van der Waals surface area contributed by atoms with Crippen LogP contribution in [0.1, 0.15) is 5.56 Å². The minimum atomic E-state index is -0.197. The fourth-order valence-corrected chi connectivity index (χ4v) is 3.10. The molecule has 0 aliphatic heterocycles. The van der Waals surface area contributed by atoms with Crippen LogP contribution in [0.3, 0.4) is 0 Å². The molecule has 1 heterocycles. The van der Waals surface area contributed by atoms with Crippen molar-refractivity contribution in [2.24, 2.45) is 0 Å². The molecule has 8 heteroatoms. The van der Waals surface area contributed by atoms with Crippen LogP contribution in [-0.2, 0) is 11.3 Å². The minimum Gasteiger partial charge on any atom is -0.497 e. The fraction of sp³-hybridized carbons (Fsp3) is 0.211. The van der Waals surface area contributed by atoms with E-state index in [2.05, 4.69) is 9.97 Å². The Labute approximate surface area is 166 Å². The van der Waals surface area contributed by atoms with Crippen LogP contribution in [0.2, 0.25) is 10.0 Å². The average molecular weight is 406 g/mol. The molecule has 0 saturated heterocycles. The van der Waals surface area contributed by atoms with Gasteiger partial charge >= 0.3 is 0 Å². The zero-order chi connectivity index (χ0) is 19.4. The van der Waals surface area contributed by atoms with Gasteiger partial charge in [-0.15, -0.1) is 0 Å². The smallest absolute Gasteiger partial charge is 0.260 e. The summed E-state index contributed by atoms with van der Waals surface area (Å²) in [5.41, 5.74) is 1.47. The van der Waals surface area contributed by atoms with Crippen molar-refractivity contribution < 1.29 is 14.3 Å². The van der Waals surface area contributed by atoms with Crippen LogP contribution in [-0.4, -0.2) is 41.5 Å². The number of ether oxygens (including phenoxy) is 2. The van der Waals surface area contributed by atoms with Gasteiger partial charge in [-0.2, -0.15) is 0 Å². The van der Waals surface area contributed by atoms with Crippen LogP contribution in [0.4, 0.5) is 0 Å². The van der Waals surface area contributed by atoms with Crippen molar-refractivity contribution >= 4 is 40.0 Å². The summed E-state index contributed by atoms with van der Waals surface area (Å²) in [4.78, 5) is 22.2. The molecule has 6 nitrogen and oxygen atoms in total. The first-order valence-corrected chi connectivity index (χ1v) is 8.83. The largest absolute Gasteiger partial charge is 0.497 e. The standard InChI is InChI=1S/C19H17Cl2N3O3/c1-24(9-12-4-3-5-14(6-12)26-2)17(25)10-27-19-15-7-13(20)8-16(21)18(15)22-11-23-19/h3-8,11H,9-10H2,1-2H3. The van der Waals surface area contributed by atoms with Crippen molar-refractivity contribution in [3.63, 3.8) is 0 Å². The fourth-order valence-electron chi connectivity index (χ4n) is 2.56. The van der Waals surface area contributed by atoms with Crippen molar-refractivity contribution in [2.45, 2.75) is 6.54 Å². The normalized spacial score (nSPS) is 10.7. The lowest BCUT2D eigenvalue weighted by Crippen LogP contribution is -2.31. The summed E-state index contributed by atoms with van der Waals surface area (Å²) in [5.74, 6) is 0.802. The highest BCUT2D eigenvalue weighted by atomic mass is 35.5. The van der Waals surface area contributed by atoms with Crippen molar-refractivity contribution in [3.8, 4) is 11.6 Å². The zero-order valence-corrected chi connectivity index (χ0v) is 16.3. The molecule has 0 bridgehead atoms. The Morgan fingerprint density at radius 1 is 1.19 bits per heavy atom. The first kappa shape index (κ1) is 19.2. The van der Waals surface area contributed by atoms with E-state index in [9.17, 15) is 4.79 Å². The Hall–Kier alpha value is -2.57. The van der Waals surface area contributed by atoms with E-state index in [1.54, 1.807) is 31.2 Å². The van der Waals surface area contributed by atoms with E-state index in [-0.39, 0.29) is 18.4 Å². The van der Waals surface area contributed by atoms with E-state index in [1.807, 2.05) is 24.3 Å². The summed E-state index contributed by atoms with van der Waals surface area (Å²) in [6.45, 7) is 0.262. The number of halogens is 2. The topological polar surface area (TPSA) is 64.5 Å². The summed E-state index contributed by atoms with van der Waals surface area (Å²) >= 11 is 12.2. The predicted octanol–water partition coefficient (Wildman–Crippen LogP) is 3.98. The number of hydrogen-bond acceptors (Lipinski definition) is 5. The predicted molar refractivity (Wildman–Crippen MR) is 105 cm³/mol. The third-order valence-corrected chi connectivity index (χ3v) is 4.44. The average Bonchev–Trinajstić information content (AvgIpc) is 2.66. The molecule has 0 unspecified atom stereocenters. The second-order valence-electron chi connectivity index (χ2n) is 5.85.